The van der Waals surface area contributed by atoms with Crippen LogP contribution in [0.25, 0.3) is 0 Å². The number of benzene rings is 1. The molecule has 0 bridgehead atoms. The molecule has 0 N–H and O–H groups in total. The molecule has 0 atom stereocenters. The monoisotopic (exact) mass is 184 g/mol. The van der Waals surface area contributed by atoms with Crippen molar-refractivity contribution in [2.24, 2.45) is 0 Å². The van der Waals surface area contributed by atoms with E-state index in [0.717, 1.165) is 0 Å². The van der Waals surface area contributed by atoms with Crippen molar-refractivity contribution >= 4 is 0 Å². The molecule has 3 heteroatoms. The molecule has 0 saturated carbocycles. The molecule has 0 aliphatic carbocycles. The van der Waals surface area contributed by atoms with Gasteiger partial charge in [0, 0.05) is 22.8 Å². The Morgan fingerprint density at radius 2 is 2.10 bits per heavy atom. The predicted octanol–water partition coefficient (Wildman–Crippen LogP) is 1.99. The second-order valence-electron chi connectivity index (χ2n) is 1.60. The van der Waals surface area contributed by atoms with Gasteiger partial charge in [0.1, 0.15) is 5.82 Å². The van der Waals surface area contributed by atoms with Gasteiger partial charge in [0.2, 0.25) is 0 Å². The van der Waals surface area contributed by atoms with Crippen LogP contribution in [0, 0.1) is 12.9 Å². The van der Waals surface area contributed by atoms with Gasteiger partial charge in [0.15, 0.2) is 0 Å². The molecule has 1 rings (SSSR count). The van der Waals surface area contributed by atoms with E-state index in [1.807, 2.05) is 0 Å². The Morgan fingerprint density at radius 3 is 2.50 bits per heavy atom. The molecule has 0 fully saturated rings. The molecule has 57 valence electrons. The van der Waals surface area contributed by atoms with Crippen LogP contribution in [0.4, 0.5) is 4.39 Å². The molecule has 1 radical (unpaired) electrons. The summed E-state index contributed by atoms with van der Waals surface area (Å²) in [6.45, 7) is 0. The maximum Gasteiger partial charge on any atom is 0.126 e. The summed E-state index contributed by atoms with van der Waals surface area (Å²) < 4.78 is 16.8. The molecular formula is C7H6CoFO-. The minimum atomic E-state index is -0.309. The fraction of sp³-hybridized carbons (Fsp3) is 0. The molecular weight excluding hydrogens is 178 g/mol. The molecule has 1 aromatic carbocycles. The normalized spacial score (nSPS) is 8.20. The Bertz CT molecular complexity index is 203. The standard InChI is InChI=1S/C7H6FO.Co/c1-9-7-4-2-3-6(8)5-7;/h2-5H,1H2;/q-1;. The van der Waals surface area contributed by atoms with E-state index in [-0.39, 0.29) is 22.6 Å². The third-order valence-electron chi connectivity index (χ3n) is 0.963. The van der Waals surface area contributed by atoms with Gasteiger partial charge in [-0.3, -0.25) is 0 Å². The second-order valence-corrected chi connectivity index (χ2v) is 1.60. The van der Waals surface area contributed by atoms with Gasteiger partial charge < -0.3 is 4.74 Å². The van der Waals surface area contributed by atoms with Gasteiger partial charge in [-0.25, -0.2) is 4.39 Å². The number of hydrogen-bond donors (Lipinski definition) is 0. The minimum absolute atomic E-state index is 0. The Hall–Kier alpha value is -0.544. The van der Waals surface area contributed by atoms with Crippen molar-refractivity contribution in [3.8, 4) is 5.75 Å². The Balaban J connectivity index is 0.000000810. The smallest absolute Gasteiger partial charge is 0.126 e. The van der Waals surface area contributed by atoms with Crippen LogP contribution in [-0.2, 0) is 16.8 Å². The van der Waals surface area contributed by atoms with Gasteiger partial charge in [-0.05, 0) is 12.1 Å². The number of hydrogen-bond acceptors (Lipinski definition) is 1. The van der Waals surface area contributed by atoms with Gasteiger partial charge in [0.05, 0.1) is 5.75 Å². The zero-order valence-corrected chi connectivity index (χ0v) is 6.18. The largest absolute Gasteiger partial charge is 0.665 e. The Morgan fingerprint density at radius 1 is 1.40 bits per heavy atom. The van der Waals surface area contributed by atoms with E-state index in [2.05, 4.69) is 11.8 Å². The van der Waals surface area contributed by atoms with Crippen molar-refractivity contribution in [2.75, 3.05) is 0 Å². The van der Waals surface area contributed by atoms with Gasteiger partial charge >= 0.3 is 0 Å². The first-order valence-electron chi connectivity index (χ1n) is 2.50. The molecule has 0 aliphatic heterocycles. The fourth-order valence-electron chi connectivity index (χ4n) is 0.557. The molecule has 0 aromatic heterocycles. The molecule has 10 heavy (non-hydrogen) atoms. The quantitative estimate of drug-likeness (QED) is 0.606. The number of rotatable bonds is 1. The summed E-state index contributed by atoms with van der Waals surface area (Å²) in [5.41, 5.74) is 0. The molecule has 0 spiro atoms. The molecule has 1 nitrogen and oxygen atoms in total. The van der Waals surface area contributed by atoms with Crippen LogP contribution in [0.2, 0.25) is 0 Å². The van der Waals surface area contributed by atoms with Crippen molar-refractivity contribution in [1.82, 2.24) is 0 Å². The van der Waals surface area contributed by atoms with Crippen molar-refractivity contribution in [1.29, 1.82) is 0 Å². The van der Waals surface area contributed by atoms with Gasteiger partial charge in [-0.2, -0.15) is 7.11 Å². The van der Waals surface area contributed by atoms with Crippen LogP contribution in [0.1, 0.15) is 0 Å². The minimum Gasteiger partial charge on any atom is -0.665 e. The summed E-state index contributed by atoms with van der Waals surface area (Å²) in [5.74, 6) is 0.131. The van der Waals surface area contributed by atoms with E-state index in [4.69, 9.17) is 0 Å². The third kappa shape index (κ3) is 2.37. The summed E-state index contributed by atoms with van der Waals surface area (Å²) in [6, 6.07) is 5.82. The van der Waals surface area contributed by atoms with Crippen LogP contribution in [0.15, 0.2) is 24.3 Å². The van der Waals surface area contributed by atoms with Crippen molar-refractivity contribution in [3.63, 3.8) is 0 Å². The second kappa shape index (κ2) is 4.30. The SMILES string of the molecule is [CH2-]Oc1cccc(F)c1.[Co]. The third-order valence-corrected chi connectivity index (χ3v) is 0.963. The van der Waals surface area contributed by atoms with E-state index in [0.29, 0.717) is 5.75 Å². The topological polar surface area (TPSA) is 9.23 Å². The summed E-state index contributed by atoms with van der Waals surface area (Å²) in [6.07, 6.45) is 0. The van der Waals surface area contributed by atoms with Crippen LogP contribution in [0.5, 0.6) is 5.75 Å². The molecule has 0 saturated heterocycles. The maximum absolute atomic E-state index is 12.2. The first-order chi connectivity index (χ1) is 4.33. The molecule has 0 unspecified atom stereocenters. The average molecular weight is 184 g/mol. The number of halogens is 1. The summed E-state index contributed by atoms with van der Waals surface area (Å²) in [7, 11) is 3.13. The van der Waals surface area contributed by atoms with Crippen LogP contribution < -0.4 is 4.74 Å². The fourth-order valence-corrected chi connectivity index (χ4v) is 0.557. The zero-order valence-electron chi connectivity index (χ0n) is 5.14. The average Bonchev–Trinajstić information content (AvgIpc) is 1.88. The first kappa shape index (κ1) is 9.46. The molecule has 1 aromatic rings. The van der Waals surface area contributed by atoms with Gasteiger partial charge in [0.25, 0.3) is 0 Å². The maximum atomic E-state index is 12.2. The predicted molar refractivity (Wildman–Crippen MR) is 32.4 cm³/mol. The van der Waals surface area contributed by atoms with Crippen LogP contribution in [0.3, 0.4) is 0 Å². The van der Waals surface area contributed by atoms with Crippen molar-refractivity contribution < 1.29 is 25.9 Å². The van der Waals surface area contributed by atoms with E-state index >= 15 is 0 Å². The first-order valence-corrected chi connectivity index (χ1v) is 2.50. The van der Waals surface area contributed by atoms with Crippen LogP contribution >= 0.6 is 0 Å². The van der Waals surface area contributed by atoms with E-state index in [1.54, 1.807) is 12.1 Å². The van der Waals surface area contributed by atoms with Crippen LogP contribution in [-0.4, -0.2) is 0 Å². The van der Waals surface area contributed by atoms with Crippen molar-refractivity contribution in [3.05, 3.63) is 37.2 Å². The molecule has 0 amide bonds. The van der Waals surface area contributed by atoms with Crippen molar-refractivity contribution in [2.45, 2.75) is 0 Å². The summed E-state index contributed by atoms with van der Waals surface area (Å²) in [4.78, 5) is 0. The van der Waals surface area contributed by atoms with E-state index < -0.39 is 0 Å². The number of ether oxygens (including phenoxy) is 1. The molecule has 0 aliphatic rings. The van der Waals surface area contributed by atoms with Gasteiger partial charge in [-0.1, -0.05) is 6.07 Å². The van der Waals surface area contributed by atoms with E-state index in [1.165, 1.54) is 12.1 Å². The Labute approximate surface area is 69.4 Å². The Kier molecular flexibility index (Phi) is 4.07. The van der Waals surface area contributed by atoms with Gasteiger partial charge in [-0.15, -0.1) is 0 Å². The van der Waals surface area contributed by atoms with E-state index in [9.17, 15) is 4.39 Å². The molecule has 0 heterocycles. The summed E-state index contributed by atoms with van der Waals surface area (Å²) in [5, 5.41) is 0. The summed E-state index contributed by atoms with van der Waals surface area (Å²) >= 11 is 0. The zero-order chi connectivity index (χ0) is 6.69.